The smallest absolute Gasteiger partial charge is 0.251 e. The van der Waals surface area contributed by atoms with Crippen molar-refractivity contribution in [2.45, 2.75) is 56.6 Å². The highest BCUT2D eigenvalue weighted by Gasteiger charge is 2.28. The largest absolute Gasteiger partial charge is 0.376 e. The third kappa shape index (κ3) is 4.27. The van der Waals surface area contributed by atoms with Crippen LogP contribution in [0.25, 0.3) is 0 Å². The SMILES string of the molecule is CC1CCN(S(=O)(=O)c2ccc(C(=O)NC(C)C3CCCO3)cc2)CC1. The van der Waals surface area contributed by atoms with E-state index in [1.54, 1.807) is 16.4 Å². The first-order valence-corrected chi connectivity index (χ1v) is 10.8. The number of piperidine rings is 1. The van der Waals surface area contributed by atoms with Crippen LogP contribution < -0.4 is 5.32 Å². The van der Waals surface area contributed by atoms with Gasteiger partial charge in [0.25, 0.3) is 5.91 Å². The number of nitrogens with zero attached hydrogens (tertiary/aromatic N) is 1. The van der Waals surface area contributed by atoms with Gasteiger partial charge in [0.15, 0.2) is 0 Å². The summed E-state index contributed by atoms with van der Waals surface area (Å²) in [7, 11) is -3.48. The van der Waals surface area contributed by atoms with Crippen molar-refractivity contribution < 1.29 is 17.9 Å². The molecule has 26 heavy (non-hydrogen) atoms. The van der Waals surface area contributed by atoms with Gasteiger partial charge in [-0.1, -0.05) is 6.92 Å². The minimum absolute atomic E-state index is 0.0556. The second-order valence-corrected chi connectivity index (χ2v) is 9.36. The van der Waals surface area contributed by atoms with Crippen molar-refractivity contribution in [3.63, 3.8) is 0 Å². The fourth-order valence-electron chi connectivity index (χ4n) is 3.53. The Hall–Kier alpha value is -1.44. The summed E-state index contributed by atoms with van der Waals surface area (Å²) < 4.78 is 32.6. The van der Waals surface area contributed by atoms with E-state index in [4.69, 9.17) is 4.74 Å². The van der Waals surface area contributed by atoms with Crippen molar-refractivity contribution >= 4 is 15.9 Å². The molecule has 6 nitrogen and oxygen atoms in total. The molecule has 2 atom stereocenters. The molecule has 1 amide bonds. The van der Waals surface area contributed by atoms with Gasteiger partial charge in [-0.2, -0.15) is 4.31 Å². The maximum Gasteiger partial charge on any atom is 0.251 e. The summed E-state index contributed by atoms with van der Waals surface area (Å²) in [6, 6.07) is 6.15. The summed E-state index contributed by atoms with van der Waals surface area (Å²) in [4.78, 5) is 12.6. The lowest BCUT2D eigenvalue weighted by molar-refractivity contribution is 0.0712. The lowest BCUT2D eigenvalue weighted by atomic mass is 10.0. The second kappa shape index (κ2) is 8.06. The van der Waals surface area contributed by atoms with Crippen LogP contribution in [0.1, 0.15) is 49.9 Å². The zero-order chi connectivity index (χ0) is 18.7. The Labute approximate surface area is 156 Å². The number of nitrogens with one attached hydrogen (secondary N) is 1. The number of carbonyl (C=O) groups excluding carboxylic acids is 1. The van der Waals surface area contributed by atoms with Crippen LogP contribution in [0, 0.1) is 5.92 Å². The van der Waals surface area contributed by atoms with Crippen molar-refractivity contribution in [1.82, 2.24) is 9.62 Å². The Bertz CT molecular complexity index is 718. The number of hydrogen-bond acceptors (Lipinski definition) is 4. The van der Waals surface area contributed by atoms with Crippen LogP contribution in [0.3, 0.4) is 0 Å². The number of sulfonamides is 1. The van der Waals surface area contributed by atoms with Gasteiger partial charge in [-0.25, -0.2) is 8.42 Å². The molecule has 7 heteroatoms. The molecule has 1 aromatic carbocycles. The molecular formula is C19H28N2O4S. The monoisotopic (exact) mass is 380 g/mol. The van der Waals surface area contributed by atoms with E-state index in [1.807, 2.05) is 6.92 Å². The van der Waals surface area contributed by atoms with Crippen LogP contribution in [0.15, 0.2) is 29.2 Å². The van der Waals surface area contributed by atoms with E-state index in [2.05, 4.69) is 12.2 Å². The fraction of sp³-hybridized carbons (Fsp3) is 0.632. The average molecular weight is 381 g/mol. The number of ether oxygens (including phenoxy) is 1. The third-order valence-electron chi connectivity index (χ3n) is 5.38. The molecule has 0 bridgehead atoms. The minimum Gasteiger partial charge on any atom is -0.376 e. The van der Waals surface area contributed by atoms with Gasteiger partial charge < -0.3 is 10.1 Å². The van der Waals surface area contributed by atoms with Gasteiger partial charge in [0.2, 0.25) is 10.0 Å². The number of benzene rings is 1. The summed E-state index contributed by atoms with van der Waals surface area (Å²) in [5.74, 6) is 0.363. The molecule has 2 unspecified atom stereocenters. The van der Waals surface area contributed by atoms with Crippen LogP contribution in [-0.2, 0) is 14.8 Å². The summed E-state index contributed by atoms with van der Waals surface area (Å²) in [6.45, 7) is 5.95. The molecular weight excluding hydrogens is 352 g/mol. The van der Waals surface area contributed by atoms with E-state index < -0.39 is 10.0 Å². The van der Waals surface area contributed by atoms with Crippen LogP contribution in [0.2, 0.25) is 0 Å². The molecule has 0 spiro atoms. The molecule has 144 valence electrons. The Balaban J connectivity index is 1.64. The van der Waals surface area contributed by atoms with Gasteiger partial charge in [-0.15, -0.1) is 0 Å². The van der Waals surface area contributed by atoms with Gasteiger partial charge >= 0.3 is 0 Å². The Kier molecular flexibility index (Phi) is 5.99. The highest BCUT2D eigenvalue weighted by molar-refractivity contribution is 7.89. The Morgan fingerprint density at radius 2 is 1.85 bits per heavy atom. The van der Waals surface area contributed by atoms with Crippen molar-refractivity contribution in [1.29, 1.82) is 0 Å². The van der Waals surface area contributed by atoms with E-state index >= 15 is 0 Å². The fourth-order valence-corrected chi connectivity index (χ4v) is 5.00. The molecule has 3 rings (SSSR count). The van der Waals surface area contributed by atoms with Crippen LogP contribution in [-0.4, -0.2) is 50.5 Å². The van der Waals surface area contributed by atoms with E-state index in [0.717, 1.165) is 32.3 Å². The highest BCUT2D eigenvalue weighted by Crippen LogP contribution is 2.23. The number of rotatable bonds is 5. The summed E-state index contributed by atoms with van der Waals surface area (Å²) in [5.41, 5.74) is 0.459. The van der Waals surface area contributed by atoms with Gasteiger partial charge in [0, 0.05) is 25.3 Å². The minimum atomic E-state index is -3.48. The number of hydrogen-bond donors (Lipinski definition) is 1. The van der Waals surface area contributed by atoms with E-state index in [-0.39, 0.29) is 22.9 Å². The molecule has 0 radical (unpaired) electrons. The molecule has 2 saturated heterocycles. The topological polar surface area (TPSA) is 75.7 Å². The van der Waals surface area contributed by atoms with Crippen LogP contribution >= 0.6 is 0 Å². The second-order valence-electron chi connectivity index (χ2n) is 7.42. The van der Waals surface area contributed by atoms with E-state index in [1.165, 1.54) is 12.1 Å². The van der Waals surface area contributed by atoms with E-state index in [0.29, 0.717) is 24.6 Å². The van der Waals surface area contributed by atoms with Crippen molar-refractivity contribution in [3.8, 4) is 0 Å². The predicted molar refractivity (Wildman–Crippen MR) is 99.5 cm³/mol. The first kappa shape index (κ1) is 19.3. The molecule has 0 aromatic heterocycles. The zero-order valence-corrected chi connectivity index (χ0v) is 16.3. The predicted octanol–water partition coefficient (Wildman–Crippen LogP) is 2.40. The highest BCUT2D eigenvalue weighted by atomic mass is 32.2. The molecule has 2 heterocycles. The molecule has 1 aromatic rings. The average Bonchev–Trinajstić information content (AvgIpc) is 3.17. The van der Waals surface area contributed by atoms with Crippen LogP contribution in [0.5, 0.6) is 0 Å². The zero-order valence-electron chi connectivity index (χ0n) is 15.5. The van der Waals surface area contributed by atoms with Gasteiger partial charge in [-0.05, 0) is 62.8 Å². The molecule has 2 aliphatic rings. The van der Waals surface area contributed by atoms with Crippen molar-refractivity contribution in [2.75, 3.05) is 19.7 Å². The summed E-state index contributed by atoms with van der Waals surface area (Å²) in [5, 5.41) is 2.94. The van der Waals surface area contributed by atoms with Crippen molar-refractivity contribution in [3.05, 3.63) is 29.8 Å². The molecule has 0 aliphatic carbocycles. The van der Waals surface area contributed by atoms with Crippen molar-refractivity contribution in [2.24, 2.45) is 5.92 Å². The lowest BCUT2D eigenvalue weighted by Crippen LogP contribution is -2.40. The molecule has 2 aliphatic heterocycles. The third-order valence-corrected chi connectivity index (χ3v) is 7.29. The molecule has 0 saturated carbocycles. The summed E-state index contributed by atoms with van der Waals surface area (Å²) >= 11 is 0. The molecule has 2 fully saturated rings. The van der Waals surface area contributed by atoms with E-state index in [9.17, 15) is 13.2 Å². The Morgan fingerprint density at radius 1 is 1.19 bits per heavy atom. The van der Waals surface area contributed by atoms with Crippen LogP contribution in [0.4, 0.5) is 0 Å². The lowest BCUT2D eigenvalue weighted by Gasteiger charge is -2.29. The standard InChI is InChI=1S/C19H28N2O4S/c1-14-9-11-21(12-10-14)26(23,24)17-7-5-16(6-8-17)19(22)20-15(2)18-4-3-13-25-18/h5-8,14-15,18H,3-4,9-13H2,1-2H3,(H,20,22). The van der Waals surface area contributed by atoms with Gasteiger partial charge in [0.05, 0.1) is 17.0 Å². The summed E-state index contributed by atoms with van der Waals surface area (Å²) in [6.07, 6.45) is 3.81. The maximum absolute atomic E-state index is 12.7. The Morgan fingerprint density at radius 3 is 2.42 bits per heavy atom. The quantitative estimate of drug-likeness (QED) is 0.851. The molecule has 1 N–H and O–H groups in total. The first-order chi connectivity index (χ1) is 12.4. The van der Waals surface area contributed by atoms with Gasteiger partial charge in [0.1, 0.15) is 0 Å². The van der Waals surface area contributed by atoms with Gasteiger partial charge in [-0.3, -0.25) is 4.79 Å². The number of carbonyl (C=O) groups is 1. The maximum atomic E-state index is 12.7. The number of amides is 1. The normalized spacial score (nSPS) is 23.7. The first-order valence-electron chi connectivity index (χ1n) is 9.40.